The zero-order valence-corrected chi connectivity index (χ0v) is 23.4. The molecule has 3 aromatic carbocycles. The number of fused-ring (bicyclic) bond motifs is 9. The van der Waals surface area contributed by atoms with E-state index in [0.29, 0.717) is 12.3 Å². The fraction of sp³-hybridized carbons (Fsp3) is 0.281. The number of para-hydroxylation sites is 1. The molecule has 0 unspecified atom stereocenters. The Kier molecular flexibility index (Phi) is 5.76. The molecule has 2 bridgehead atoms. The Morgan fingerprint density at radius 3 is 2.37 bits per heavy atom. The second kappa shape index (κ2) is 9.42. The largest absolute Gasteiger partial charge is 0.489 e. The van der Waals surface area contributed by atoms with Crippen LogP contribution in [0.5, 0.6) is 5.75 Å². The minimum Gasteiger partial charge on any atom is -0.489 e. The molecule has 2 aliphatic carbocycles. The summed E-state index contributed by atoms with van der Waals surface area (Å²) in [5.74, 6) is -0.914. The summed E-state index contributed by atoms with van der Waals surface area (Å²) in [7, 11) is 0. The van der Waals surface area contributed by atoms with E-state index in [1.54, 1.807) is 11.8 Å². The van der Waals surface area contributed by atoms with Gasteiger partial charge in [0.2, 0.25) is 11.8 Å². The van der Waals surface area contributed by atoms with Crippen LogP contribution in [0.25, 0.3) is 0 Å². The number of thioether (sulfide) groups is 1. The maximum Gasteiger partial charge on any atom is 0.305 e. The summed E-state index contributed by atoms with van der Waals surface area (Å²) in [5.41, 5.74) is 2.49. The molecule has 2 amide bonds. The number of thiazole rings is 1. The molecule has 8 rings (SSSR count). The van der Waals surface area contributed by atoms with Crippen molar-refractivity contribution in [3.63, 3.8) is 0 Å². The van der Waals surface area contributed by atoms with Crippen LogP contribution >= 0.6 is 23.1 Å². The van der Waals surface area contributed by atoms with E-state index in [0.717, 1.165) is 33.2 Å². The fourth-order valence-corrected chi connectivity index (χ4v) is 10.7. The normalized spacial score (nSPS) is 29.4. The number of H-pyrrole nitrogens is 1. The highest BCUT2D eigenvalue weighted by molar-refractivity contribution is 8.00. The SMILES string of the molecule is O=C1[C@H]2[C@H]3C[C@@H]([C@@H]2C(=O)N1c1ccc(F)cc1)[C@H]1[C@H](c2ccccc2OCc2ccccc2)c2sc(=O)[nH]c2S[C@H]31. The first-order valence-corrected chi connectivity index (χ1v) is 15.5. The van der Waals surface area contributed by atoms with Crippen molar-refractivity contribution < 1.29 is 18.7 Å². The number of imide groups is 1. The Morgan fingerprint density at radius 1 is 0.878 bits per heavy atom. The lowest BCUT2D eigenvalue weighted by Crippen LogP contribution is -2.42. The van der Waals surface area contributed by atoms with Gasteiger partial charge < -0.3 is 9.72 Å². The molecule has 2 saturated carbocycles. The predicted octanol–water partition coefficient (Wildman–Crippen LogP) is 5.83. The number of aromatic nitrogens is 1. The van der Waals surface area contributed by atoms with E-state index in [1.807, 2.05) is 48.5 Å². The highest BCUT2D eigenvalue weighted by atomic mass is 32.2. The van der Waals surface area contributed by atoms with Crippen LogP contribution in [0.15, 0.2) is 88.7 Å². The van der Waals surface area contributed by atoms with Gasteiger partial charge >= 0.3 is 4.87 Å². The third-order valence-corrected chi connectivity index (χ3v) is 11.9. The molecule has 1 aromatic heterocycles. The third-order valence-electron chi connectivity index (χ3n) is 9.30. The summed E-state index contributed by atoms with van der Waals surface area (Å²) in [5, 5.41) is 0.941. The van der Waals surface area contributed by atoms with Gasteiger partial charge in [0.15, 0.2) is 0 Å². The summed E-state index contributed by atoms with van der Waals surface area (Å²) in [4.78, 5) is 45.5. The topological polar surface area (TPSA) is 79.5 Å². The van der Waals surface area contributed by atoms with Crippen molar-refractivity contribution >= 4 is 40.6 Å². The van der Waals surface area contributed by atoms with Crippen molar-refractivity contribution in [1.29, 1.82) is 0 Å². The van der Waals surface area contributed by atoms with Crippen LogP contribution in [0.3, 0.4) is 0 Å². The Balaban J connectivity index is 1.19. The summed E-state index contributed by atoms with van der Waals surface area (Å²) in [6.45, 7) is 0.417. The number of rotatable bonds is 5. The molecule has 3 fully saturated rings. The minimum absolute atomic E-state index is 0.0121. The lowest BCUT2D eigenvalue weighted by Gasteiger charge is -2.43. The lowest BCUT2D eigenvalue weighted by atomic mass is 9.68. The molecular weight excluding hydrogens is 559 g/mol. The molecule has 41 heavy (non-hydrogen) atoms. The Hall–Kier alpha value is -3.69. The highest BCUT2D eigenvalue weighted by Gasteiger charge is 2.69. The number of nitrogens with one attached hydrogen (secondary N) is 1. The Morgan fingerprint density at radius 2 is 1.59 bits per heavy atom. The molecule has 4 aromatic rings. The van der Waals surface area contributed by atoms with Crippen LogP contribution in [-0.2, 0) is 16.2 Å². The van der Waals surface area contributed by atoms with Crippen LogP contribution in [0, 0.1) is 35.4 Å². The van der Waals surface area contributed by atoms with E-state index in [4.69, 9.17) is 4.74 Å². The first-order valence-electron chi connectivity index (χ1n) is 13.8. The third kappa shape index (κ3) is 3.78. The van der Waals surface area contributed by atoms with Crippen molar-refractivity contribution in [2.45, 2.75) is 29.2 Å². The van der Waals surface area contributed by atoms with Gasteiger partial charge in [-0.1, -0.05) is 59.9 Å². The summed E-state index contributed by atoms with van der Waals surface area (Å²) in [6, 6.07) is 23.6. The van der Waals surface area contributed by atoms with Gasteiger partial charge in [0.25, 0.3) is 0 Å². The monoisotopic (exact) mass is 584 g/mol. The van der Waals surface area contributed by atoms with Gasteiger partial charge in [-0.3, -0.25) is 19.3 Å². The first-order chi connectivity index (χ1) is 20.0. The number of benzene rings is 3. The molecule has 0 radical (unpaired) electrons. The average molecular weight is 585 g/mol. The number of anilines is 1. The predicted molar refractivity (Wildman–Crippen MR) is 155 cm³/mol. The van der Waals surface area contributed by atoms with Crippen molar-refractivity contribution in [3.05, 3.63) is 110 Å². The number of ether oxygens (including phenoxy) is 1. The number of carbonyl (C=O) groups excluding carboxylic acids is 2. The molecule has 206 valence electrons. The number of nitrogens with zero attached hydrogens (tertiary/aromatic N) is 1. The number of aromatic amines is 1. The molecule has 7 atom stereocenters. The van der Waals surface area contributed by atoms with Crippen molar-refractivity contribution in [3.8, 4) is 5.75 Å². The maximum absolute atomic E-state index is 13.9. The average Bonchev–Trinajstić information content (AvgIpc) is 3.72. The zero-order chi connectivity index (χ0) is 27.8. The Bertz CT molecular complexity index is 1740. The smallest absolute Gasteiger partial charge is 0.305 e. The van der Waals surface area contributed by atoms with Gasteiger partial charge in [0, 0.05) is 21.6 Å². The van der Waals surface area contributed by atoms with Crippen LogP contribution in [0.4, 0.5) is 10.1 Å². The Labute approximate surface area is 243 Å². The number of hydrogen-bond acceptors (Lipinski definition) is 6. The van der Waals surface area contributed by atoms with Gasteiger partial charge in [-0.2, -0.15) is 0 Å². The summed E-state index contributed by atoms with van der Waals surface area (Å²) in [6.07, 6.45) is 0.801. The number of amides is 2. The zero-order valence-electron chi connectivity index (χ0n) is 21.7. The molecule has 0 spiro atoms. The van der Waals surface area contributed by atoms with Crippen LogP contribution < -0.4 is 14.5 Å². The van der Waals surface area contributed by atoms with Gasteiger partial charge in [0.05, 0.1) is 22.5 Å². The molecule has 9 heteroatoms. The van der Waals surface area contributed by atoms with E-state index in [1.165, 1.54) is 40.5 Å². The lowest BCUT2D eigenvalue weighted by molar-refractivity contribution is -0.123. The molecular formula is C32H25FN2O4S2. The first kappa shape index (κ1) is 25.1. The minimum atomic E-state index is -0.420. The number of carbonyl (C=O) groups is 2. The molecule has 6 nitrogen and oxygen atoms in total. The molecule has 1 N–H and O–H groups in total. The number of halogens is 1. The molecule has 4 aliphatic rings. The van der Waals surface area contributed by atoms with Crippen molar-refractivity contribution in [2.24, 2.45) is 29.6 Å². The fourth-order valence-electron chi connectivity index (χ4n) is 7.81. The van der Waals surface area contributed by atoms with Gasteiger partial charge in [-0.05, 0) is 60.1 Å². The summed E-state index contributed by atoms with van der Waals surface area (Å²) < 4.78 is 20.0. The van der Waals surface area contributed by atoms with Gasteiger partial charge in [0.1, 0.15) is 18.2 Å². The van der Waals surface area contributed by atoms with Gasteiger partial charge in [-0.15, -0.1) is 11.8 Å². The van der Waals surface area contributed by atoms with Crippen molar-refractivity contribution in [2.75, 3.05) is 4.90 Å². The quantitative estimate of drug-likeness (QED) is 0.299. The highest BCUT2D eigenvalue weighted by Crippen LogP contribution is 2.69. The summed E-state index contributed by atoms with van der Waals surface area (Å²) >= 11 is 2.89. The van der Waals surface area contributed by atoms with E-state index in [9.17, 15) is 18.8 Å². The molecule has 1 saturated heterocycles. The van der Waals surface area contributed by atoms with E-state index < -0.39 is 17.7 Å². The van der Waals surface area contributed by atoms with E-state index in [-0.39, 0.29) is 45.6 Å². The van der Waals surface area contributed by atoms with E-state index >= 15 is 0 Å². The van der Waals surface area contributed by atoms with E-state index in [2.05, 4.69) is 11.1 Å². The maximum atomic E-state index is 13.9. The van der Waals surface area contributed by atoms with Gasteiger partial charge in [-0.25, -0.2) is 4.39 Å². The van der Waals surface area contributed by atoms with Crippen LogP contribution in [0.2, 0.25) is 0 Å². The van der Waals surface area contributed by atoms with Crippen LogP contribution in [-0.4, -0.2) is 22.0 Å². The van der Waals surface area contributed by atoms with Crippen molar-refractivity contribution in [1.82, 2.24) is 4.98 Å². The molecule has 2 aliphatic heterocycles. The molecule has 3 heterocycles. The van der Waals surface area contributed by atoms with Crippen LogP contribution in [0.1, 0.15) is 28.3 Å². The second-order valence-electron chi connectivity index (χ2n) is 11.3. The number of hydrogen-bond donors (Lipinski definition) is 1. The standard InChI is InChI=1S/C32H25FN2O4S2/c33-17-10-12-18(13-11-17)35-30(36)25-20-14-21(26(25)31(35)37)27-24(20)23(28-29(40-27)34-32(38)41-28)19-8-4-5-9-22(19)39-15-16-6-2-1-3-7-16/h1-13,20-21,23-27H,14-15H2,(H,34,38)/t20-,21-,23+,24+,25+,26+,27-/m1/s1. The second-order valence-corrected chi connectivity index (χ2v) is 13.5.